The van der Waals surface area contributed by atoms with Crippen LogP contribution in [0.15, 0.2) is 12.7 Å². The zero-order chi connectivity index (χ0) is 14.4. The van der Waals surface area contributed by atoms with Crippen molar-refractivity contribution in [2.75, 3.05) is 26.3 Å². The lowest BCUT2D eigenvalue weighted by Gasteiger charge is -2.31. The Balaban J connectivity index is 1.92. The largest absolute Gasteiger partial charge is 0.379 e. The highest BCUT2D eigenvalue weighted by molar-refractivity contribution is 5.93. The smallest absolute Gasteiger partial charge is 0.248 e. The summed E-state index contributed by atoms with van der Waals surface area (Å²) in [7, 11) is 0. The average molecular weight is 280 g/mol. The Bertz CT molecular complexity index is 375. The van der Waals surface area contributed by atoms with Crippen molar-refractivity contribution in [2.45, 2.75) is 44.1 Å². The van der Waals surface area contributed by atoms with E-state index in [-0.39, 0.29) is 11.8 Å². The number of amides is 2. The van der Waals surface area contributed by atoms with Gasteiger partial charge < -0.3 is 15.0 Å². The van der Waals surface area contributed by atoms with Crippen molar-refractivity contribution in [3.8, 4) is 0 Å². The van der Waals surface area contributed by atoms with Gasteiger partial charge in [0.15, 0.2) is 0 Å². The molecular weight excluding hydrogens is 256 g/mol. The predicted octanol–water partition coefficient (Wildman–Crippen LogP) is 1.24. The SMILES string of the molecule is C=CCCOCCN1CCC(=O)NC2(CCCC2)C1=O. The molecule has 0 bridgehead atoms. The second kappa shape index (κ2) is 6.88. The first kappa shape index (κ1) is 15.0. The van der Waals surface area contributed by atoms with E-state index in [2.05, 4.69) is 11.9 Å². The molecule has 1 saturated carbocycles. The van der Waals surface area contributed by atoms with Crippen LogP contribution in [0, 0.1) is 0 Å². The molecular formula is C15H24N2O3. The zero-order valence-corrected chi connectivity index (χ0v) is 12.0. The predicted molar refractivity (Wildman–Crippen MR) is 76.2 cm³/mol. The molecule has 0 unspecified atom stereocenters. The first-order valence-corrected chi connectivity index (χ1v) is 7.47. The summed E-state index contributed by atoms with van der Waals surface area (Å²) in [6.07, 6.45) is 6.58. The van der Waals surface area contributed by atoms with Crippen molar-refractivity contribution in [1.29, 1.82) is 0 Å². The third-order valence-corrected chi connectivity index (χ3v) is 4.11. The van der Waals surface area contributed by atoms with E-state index in [9.17, 15) is 9.59 Å². The van der Waals surface area contributed by atoms with E-state index in [1.807, 2.05) is 6.08 Å². The summed E-state index contributed by atoms with van der Waals surface area (Å²) in [6, 6.07) is 0. The Morgan fingerprint density at radius 3 is 2.75 bits per heavy atom. The Morgan fingerprint density at radius 2 is 2.05 bits per heavy atom. The molecule has 20 heavy (non-hydrogen) atoms. The van der Waals surface area contributed by atoms with Gasteiger partial charge in [-0.1, -0.05) is 18.9 Å². The van der Waals surface area contributed by atoms with Gasteiger partial charge in [0.1, 0.15) is 5.54 Å². The van der Waals surface area contributed by atoms with Crippen LogP contribution in [0.1, 0.15) is 38.5 Å². The quantitative estimate of drug-likeness (QED) is 0.588. The molecule has 1 heterocycles. The number of nitrogens with one attached hydrogen (secondary N) is 1. The van der Waals surface area contributed by atoms with Crippen molar-refractivity contribution in [3.63, 3.8) is 0 Å². The molecule has 1 N–H and O–H groups in total. The van der Waals surface area contributed by atoms with Gasteiger partial charge in [0.05, 0.1) is 13.2 Å². The molecule has 5 nitrogen and oxygen atoms in total. The van der Waals surface area contributed by atoms with Gasteiger partial charge in [-0.15, -0.1) is 6.58 Å². The highest BCUT2D eigenvalue weighted by Crippen LogP contribution is 2.32. The van der Waals surface area contributed by atoms with Crippen LogP contribution >= 0.6 is 0 Å². The first-order valence-electron chi connectivity index (χ1n) is 7.47. The molecule has 0 atom stereocenters. The van der Waals surface area contributed by atoms with Crippen LogP contribution in [0.5, 0.6) is 0 Å². The second-order valence-electron chi connectivity index (χ2n) is 5.57. The molecule has 2 aliphatic rings. The maximum absolute atomic E-state index is 12.7. The van der Waals surface area contributed by atoms with Gasteiger partial charge >= 0.3 is 0 Å². The van der Waals surface area contributed by atoms with Crippen molar-refractivity contribution in [2.24, 2.45) is 0 Å². The normalized spacial score (nSPS) is 21.9. The second-order valence-corrected chi connectivity index (χ2v) is 5.57. The third kappa shape index (κ3) is 3.39. The highest BCUT2D eigenvalue weighted by Gasteiger charge is 2.46. The molecule has 1 aliphatic heterocycles. The molecule has 2 fully saturated rings. The van der Waals surface area contributed by atoms with Crippen LogP contribution in [-0.4, -0.2) is 48.6 Å². The fourth-order valence-corrected chi connectivity index (χ4v) is 3.00. The van der Waals surface area contributed by atoms with Crippen LogP contribution in [0.4, 0.5) is 0 Å². The van der Waals surface area contributed by atoms with Crippen LogP contribution in [-0.2, 0) is 14.3 Å². The summed E-state index contributed by atoms with van der Waals surface area (Å²) >= 11 is 0. The van der Waals surface area contributed by atoms with E-state index in [4.69, 9.17) is 4.74 Å². The summed E-state index contributed by atoms with van der Waals surface area (Å²) in [6.45, 7) is 5.85. The Hall–Kier alpha value is -1.36. The van der Waals surface area contributed by atoms with Crippen molar-refractivity contribution in [3.05, 3.63) is 12.7 Å². The summed E-state index contributed by atoms with van der Waals surface area (Å²) in [4.78, 5) is 26.3. The monoisotopic (exact) mass is 280 g/mol. The van der Waals surface area contributed by atoms with Crippen LogP contribution in [0.3, 0.4) is 0 Å². The first-order chi connectivity index (χ1) is 9.68. The molecule has 0 aromatic carbocycles. The minimum Gasteiger partial charge on any atom is -0.379 e. The van der Waals surface area contributed by atoms with Gasteiger partial charge in [0, 0.05) is 19.5 Å². The number of nitrogens with zero attached hydrogens (tertiary/aromatic N) is 1. The number of carbonyl (C=O) groups is 2. The van der Waals surface area contributed by atoms with E-state index in [0.29, 0.717) is 32.7 Å². The van der Waals surface area contributed by atoms with E-state index in [0.717, 1.165) is 32.1 Å². The van der Waals surface area contributed by atoms with Gasteiger partial charge in [-0.05, 0) is 19.3 Å². The van der Waals surface area contributed by atoms with E-state index < -0.39 is 5.54 Å². The Labute approximate surface area is 120 Å². The minimum atomic E-state index is -0.630. The lowest BCUT2D eigenvalue weighted by Crippen LogP contribution is -2.55. The molecule has 5 heteroatoms. The van der Waals surface area contributed by atoms with Crippen molar-refractivity contribution < 1.29 is 14.3 Å². The summed E-state index contributed by atoms with van der Waals surface area (Å²) < 4.78 is 5.47. The van der Waals surface area contributed by atoms with Gasteiger partial charge in [-0.3, -0.25) is 9.59 Å². The molecule has 0 aromatic rings. The van der Waals surface area contributed by atoms with Crippen LogP contribution in [0.2, 0.25) is 0 Å². The zero-order valence-electron chi connectivity index (χ0n) is 12.0. The molecule has 2 rings (SSSR count). The maximum Gasteiger partial charge on any atom is 0.248 e. The topological polar surface area (TPSA) is 58.6 Å². The van der Waals surface area contributed by atoms with E-state index in [1.54, 1.807) is 4.90 Å². The number of carbonyl (C=O) groups excluding carboxylic acids is 2. The Kier molecular flexibility index (Phi) is 5.17. The van der Waals surface area contributed by atoms with Gasteiger partial charge in [0.25, 0.3) is 0 Å². The van der Waals surface area contributed by atoms with E-state index in [1.165, 1.54) is 0 Å². The van der Waals surface area contributed by atoms with Gasteiger partial charge in [0.2, 0.25) is 11.8 Å². The molecule has 112 valence electrons. The minimum absolute atomic E-state index is 0.00433. The molecule has 0 radical (unpaired) electrons. The molecule has 1 saturated heterocycles. The summed E-state index contributed by atoms with van der Waals surface area (Å²) in [5, 5.41) is 2.96. The van der Waals surface area contributed by atoms with Gasteiger partial charge in [-0.25, -0.2) is 0 Å². The fourth-order valence-electron chi connectivity index (χ4n) is 3.00. The number of hydrogen-bond donors (Lipinski definition) is 1. The highest BCUT2D eigenvalue weighted by atomic mass is 16.5. The Morgan fingerprint density at radius 1 is 1.30 bits per heavy atom. The lowest BCUT2D eigenvalue weighted by atomic mass is 9.96. The standard InChI is InChI=1S/C15H24N2O3/c1-2-3-11-20-12-10-17-9-6-13(18)16-15(14(17)19)7-4-5-8-15/h2H,1,3-12H2,(H,16,18). The number of ether oxygens (including phenoxy) is 1. The molecule has 1 aliphatic carbocycles. The lowest BCUT2D eigenvalue weighted by molar-refractivity contribution is -0.139. The average Bonchev–Trinajstić information content (AvgIpc) is 2.86. The summed E-state index contributed by atoms with van der Waals surface area (Å²) in [5.41, 5.74) is -0.630. The molecule has 0 aromatic heterocycles. The summed E-state index contributed by atoms with van der Waals surface area (Å²) in [5.74, 6) is 0.0727. The van der Waals surface area contributed by atoms with Crippen molar-refractivity contribution in [1.82, 2.24) is 10.2 Å². The molecule has 2 amide bonds. The van der Waals surface area contributed by atoms with Gasteiger partial charge in [-0.2, -0.15) is 0 Å². The number of rotatable bonds is 6. The third-order valence-electron chi connectivity index (χ3n) is 4.11. The van der Waals surface area contributed by atoms with Crippen LogP contribution < -0.4 is 5.32 Å². The van der Waals surface area contributed by atoms with Crippen LogP contribution in [0.25, 0.3) is 0 Å². The maximum atomic E-state index is 12.7. The number of hydrogen-bond acceptors (Lipinski definition) is 3. The van der Waals surface area contributed by atoms with E-state index >= 15 is 0 Å². The molecule has 1 spiro atoms. The van der Waals surface area contributed by atoms with Crippen molar-refractivity contribution >= 4 is 11.8 Å². The fraction of sp³-hybridized carbons (Fsp3) is 0.733.